The van der Waals surface area contributed by atoms with E-state index in [1.807, 2.05) is 24.3 Å². The minimum absolute atomic E-state index is 0.271. The highest BCUT2D eigenvalue weighted by Gasteiger charge is 2.37. The van der Waals surface area contributed by atoms with Crippen molar-refractivity contribution in [2.45, 2.75) is 45.4 Å². The molecule has 5 rings (SSSR count). The van der Waals surface area contributed by atoms with E-state index in [1.165, 1.54) is 4.90 Å². The molecule has 1 atom stereocenters. The van der Waals surface area contributed by atoms with Crippen LogP contribution in [0.15, 0.2) is 47.7 Å². The van der Waals surface area contributed by atoms with Gasteiger partial charge in [0.15, 0.2) is 0 Å². The molecule has 3 N–H and O–H groups in total. The number of carbonyl (C=O) groups is 3. The third-order valence-electron chi connectivity index (χ3n) is 5.87. The Balaban J connectivity index is 1.46. The van der Waals surface area contributed by atoms with Crippen molar-refractivity contribution in [2.75, 3.05) is 5.32 Å². The van der Waals surface area contributed by atoms with Crippen LogP contribution in [0.1, 0.15) is 47.8 Å². The number of amides is 3. The summed E-state index contributed by atoms with van der Waals surface area (Å²) in [5, 5.41) is 7.55. The lowest BCUT2D eigenvalue weighted by Crippen LogP contribution is -2.52. The minimum atomic E-state index is -0.768. The van der Waals surface area contributed by atoms with Crippen LogP contribution in [0.2, 0.25) is 0 Å². The molecule has 0 bridgehead atoms. The molecule has 2 aliphatic rings. The van der Waals surface area contributed by atoms with Gasteiger partial charge in [-0.05, 0) is 44.0 Å². The van der Waals surface area contributed by atoms with Crippen molar-refractivity contribution in [1.82, 2.24) is 15.3 Å². The van der Waals surface area contributed by atoms with E-state index < -0.39 is 17.7 Å². The number of nitrogens with zero attached hydrogens (tertiary/aromatic N) is 2. The van der Waals surface area contributed by atoms with Crippen LogP contribution in [0.5, 0.6) is 0 Å². The van der Waals surface area contributed by atoms with Crippen LogP contribution < -0.4 is 10.7 Å². The molecule has 0 fully saturated rings. The van der Waals surface area contributed by atoms with Gasteiger partial charge in [0.25, 0.3) is 5.91 Å². The molecule has 9 heteroatoms. The monoisotopic (exact) mass is 459 g/mol. The van der Waals surface area contributed by atoms with Gasteiger partial charge in [0.05, 0.1) is 18.3 Å². The number of benzene rings is 2. The molecule has 174 valence electrons. The number of fused-ring (bicyclic) bond motifs is 1. The Morgan fingerprint density at radius 1 is 1.18 bits per heavy atom. The number of hydrogen-bond acceptors (Lipinski definition) is 5. The van der Waals surface area contributed by atoms with Gasteiger partial charge in [-0.15, -0.1) is 0 Å². The quantitative estimate of drug-likeness (QED) is 0.543. The maximum absolute atomic E-state index is 13.5. The molecular weight excluding hydrogens is 434 g/mol. The number of aromatic amines is 1. The number of carbonyl (C=O) groups excluding carboxylic acids is 3. The van der Waals surface area contributed by atoms with Crippen molar-refractivity contribution >= 4 is 40.7 Å². The van der Waals surface area contributed by atoms with Gasteiger partial charge in [0.2, 0.25) is 5.91 Å². The number of H-pyrrole nitrogens is 1. The first-order chi connectivity index (χ1) is 16.2. The number of ether oxygens (including phenoxy) is 1. The van der Waals surface area contributed by atoms with Crippen molar-refractivity contribution < 1.29 is 19.1 Å². The van der Waals surface area contributed by atoms with E-state index in [0.717, 1.165) is 22.1 Å². The van der Waals surface area contributed by atoms with Gasteiger partial charge in [-0.25, -0.2) is 10.2 Å². The second kappa shape index (κ2) is 8.02. The van der Waals surface area contributed by atoms with E-state index in [4.69, 9.17) is 4.74 Å². The van der Waals surface area contributed by atoms with E-state index in [0.29, 0.717) is 23.2 Å². The van der Waals surface area contributed by atoms with Gasteiger partial charge >= 0.3 is 6.09 Å². The summed E-state index contributed by atoms with van der Waals surface area (Å²) in [6.45, 7) is 5.65. The van der Waals surface area contributed by atoms with Crippen LogP contribution in [0.3, 0.4) is 0 Å². The largest absolute Gasteiger partial charge is 0.444 e. The smallest absolute Gasteiger partial charge is 0.411 e. The molecule has 0 radical (unpaired) electrons. The number of nitrogens with one attached hydrogen (secondary N) is 3. The molecule has 34 heavy (non-hydrogen) atoms. The predicted molar refractivity (Wildman–Crippen MR) is 128 cm³/mol. The molecule has 3 amide bonds. The van der Waals surface area contributed by atoms with E-state index in [-0.39, 0.29) is 18.4 Å². The van der Waals surface area contributed by atoms with Crippen LogP contribution in [-0.2, 0) is 22.5 Å². The molecule has 0 aliphatic carbocycles. The SMILES string of the molecule is CC(C)(C)OC(=O)N1Cc2ccccc2CC1C(=O)Nc1cc2c3c(c[nH]c3c1)C=NNC2=O. The molecule has 0 spiro atoms. The Morgan fingerprint density at radius 2 is 1.94 bits per heavy atom. The highest BCUT2D eigenvalue weighted by molar-refractivity contribution is 6.15. The third kappa shape index (κ3) is 4.00. The van der Waals surface area contributed by atoms with Crippen LogP contribution in [-0.4, -0.2) is 45.6 Å². The van der Waals surface area contributed by atoms with E-state index in [2.05, 4.69) is 20.8 Å². The van der Waals surface area contributed by atoms with Gasteiger partial charge in [0.1, 0.15) is 11.6 Å². The minimum Gasteiger partial charge on any atom is -0.444 e. The first kappa shape index (κ1) is 21.7. The summed E-state index contributed by atoms with van der Waals surface area (Å²) in [6.07, 6.45) is 3.14. The summed E-state index contributed by atoms with van der Waals surface area (Å²) >= 11 is 0. The van der Waals surface area contributed by atoms with Crippen molar-refractivity contribution in [3.05, 3.63) is 64.8 Å². The summed E-state index contributed by atoms with van der Waals surface area (Å²) in [7, 11) is 0. The van der Waals surface area contributed by atoms with Gasteiger partial charge in [-0.3, -0.25) is 14.5 Å². The fourth-order valence-corrected chi connectivity index (χ4v) is 4.36. The molecule has 9 nitrogen and oxygen atoms in total. The fourth-order valence-electron chi connectivity index (χ4n) is 4.36. The van der Waals surface area contributed by atoms with Crippen LogP contribution in [0.4, 0.5) is 10.5 Å². The van der Waals surface area contributed by atoms with Crippen molar-refractivity contribution in [3.63, 3.8) is 0 Å². The van der Waals surface area contributed by atoms with Crippen LogP contribution in [0.25, 0.3) is 10.9 Å². The Hall–Kier alpha value is -4.14. The van der Waals surface area contributed by atoms with Gasteiger partial charge in [-0.1, -0.05) is 24.3 Å². The fraction of sp³-hybridized carbons (Fsp3) is 0.280. The van der Waals surface area contributed by atoms with Crippen molar-refractivity contribution in [3.8, 4) is 0 Å². The number of hydrogen-bond donors (Lipinski definition) is 3. The molecule has 0 saturated heterocycles. The zero-order valence-electron chi connectivity index (χ0n) is 19.1. The van der Waals surface area contributed by atoms with E-state index in [9.17, 15) is 14.4 Å². The standard InChI is InChI=1S/C25H25N5O4/c1-25(2,3)34-24(33)30-13-15-7-5-4-6-14(15)8-20(30)23(32)28-17-9-18-21-16(11-26-19(21)10-17)12-27-29-22(18)31/h4-7,9-12,20,26H,8,13H2,1-3H3,(H,28,32)(H,29,31). The third-order valence-corrected chi connectivity index (χ3v) is 5.87. The average molecular weight is 460 g/mol. The molecular formula is C25H25N5O4. The maximum Gasteiger partial charge on any atom is 0.411 e. The maximum atomic E-state index is 13.5. The highest BCUT2D eigenvalue weighted by Crippen LogP contribution is 2.29. The predicted octanol–water partition coefficient (Wildman–Crippen LogP) is 3.55. The van der Waals surface area contributed by atoms with E-state index in [1.54, 1.807) is 45.3 Å². The van der Waals surface area contributed by atoms with Crippen LogP contribution in [0, 0.1) is 0 Å². The van der Waals surface area contributed by atoms with E-state index >= 15 is 0 Å². The number of anilines is 1. The Bertz CT molecular complexity index is 1350. The summed E-state index contributed by atoms with van der Waals surface area (Å²) in [6, 6.07) is 10.4. The first-order valence-electron chi connectivity index (χ1n) is 11.1. The van der Waals surface area contributed by atoms with Crippen molar-refractivity contribution in [1.29, 1.82) is 0 Å². The lowest BCUT2D eigenvalue weighted by atomic mass is 9.93. The normalized spacial score (nSPS) is 17.1. The molecule has 1 aromatic heterocycles. The second-order valence-corrected chi connectivity index (χ2v) is 9.48. The molecule has 1 unspecified atom stereocenters. The topological polar surface area (TPSA) is 116 Å². The number of aromatic nitrogens is 1. The zero-order chi connectivity index (χ0) is 24.0. The van der Waals surface area contributed by atoms with Gasteiger partial charge in [0, 0.05) is 34.8 Å². The zero-order valence-corrected chi connectivity index (χ0v) is 19.1. The Kier molecular flexibility index (Phi) is 5.11. The second-order valence-electron chi connectivity index (χ2n) is 9.48. The summed E-state index contributed by atoms with van der Waals surface area (Å²) in [5.74, 6) is -0.721. The molecule has 2 aromatic carbocycles. The average Bonchev–Trinajstić information content (AvgIpc) is 3.11. The Labute approximate surface area is 196 Å². The molecule has 3 heterocycles. The van der Waals surface area contributed by atoms with Gasteiger partial charge < -0.3 is 15.0 Å². The molecule has 2 aliphatic heterocycles. The van der Waals surface area contributed by atoms with Gasteiger partial charge in [-0.2, -0.15) is 5.10 Å². The van der Waals surface area contributed by atoms with Crippen LogP contribution >= 0.6 is 0 Å². The Morgan fingerprint density at radius 3 is 2.71 bits per heavy atom. The number of hydrazone groups is 1. The van der Waals surface area contributed by atoms with Crippen molar-refractivity contribution in [2.24, 2.45) is 5.10 Å². The summed E-state index contributed by atoms with van der Waals surface area (Å²) < 4.78 is 5.59. The number of rotatable bonds is 2. The highest BCUT2D eigenvalue weighted by atomic mass is 16.6. The lowest BCUT2D eigenvalue weighted by molar-refractivity contribution is -0.121. The lowest BCUT2D eigenvalue weighted by Gasteiger charge is -2.36. The first-order valence-corrected chi connectivity index (χ1v) is 11.1. The molecule has 3 aromatic rings. The summed E-state index contributed by atoms with van der Waals surface area (Å²) in [5.41, 5.74) is 6.09. The molecule has 0 saturated carbocycles. The summed E-state index contributed by atoms with van der Waals surface area (Å²) in [4.78, 5) is 43.6.